The lowest BCUT2D eigenvalue weighted by Crippen LogP contribution is -2.22. The fourth-order valence-corrected chi connectivity index (χ4v) is 3.91. The third kappa shape index (κ3) is 4.14. The minimum Gasteiger partial charge on any atom is -0.436 e. The van der Waals surface area contributed by atoms with Crippen LogP contribution in [0.5, 0.6) is 0 Å². The molecule has 0 saturated carbocycles. The second-order valence-corrected chi connectivity index (χ2v) is 7.72. The number of nitro groups is 1. The van der Waals surface area contributed by atoms with Crippen LogP contribution in [0.3, 0.4) is 0 Å². The van der Waals surface area contributed by atoms with E-state index in [1.165, 1.54) is 18.2 Å². The molecule has 7 heteroatoms. The number of nitrogens with one attached hydrogen (secondary N) is 1. The molecule has 0 aliphatic rings. The van der Waals surface area contributed by atoms with Crippen molar-refractivity contribution in [3.05, 3.63) is 124 Å². The van der Waals surface area contributed by atoms with Gasteiger partial charge in [-0.15, -0.1) is 0 Å². The van der Waals surface area contributed by atoms with Crippen molar-refractivity contribution in [2.75, 3.05) is 5.32 Å². The van der Waals surface area contributed by atoms with Crippen molar-refractivity contribution in [3.63, 3.8) is 0 Å². The van der Waals surface area contributed by atoms with Gasteiger partial charge in [0, 0.05) is 12.1 Å². The molecular formula is C27H19N3O4. The number of carbonyl (C=O) groups is 1. The Labute approximate surface area is 194 Å². The standard InChI is InChI=1S/C27H19N3O4/c31-26(25(18-9-3-1-4-10-18)19-11-5-2-6-12-19)28-22-14-8-7-13-21(22)27-29-23-17-20(30(32)33)15-16-24(23)34-27/h1-17,25H,(H,28,31). The Morgan fingerprint density at radius 3 is 2.12 bits per heavy atom. The number of rotatable bonds is 6. The van der Waals surface area contributed by atoms with E-state index in [0.29, 0.717) is 22.4 Å². The number of nitro benzene ring substituents is 1. The third-order valence-corrected chi connectivity index (χ3v) is 5.53. The SMILES string of the molecule is O=C(Nc1ccccc1-c1nc2cc([N+](=O)[O-])ccc2o1)C(c1ccccc1)c1ccccc1. The molecule has 5 rings (SSSR count). The van der Waals surface area contributed by atoms with Crippen LogP contribution in [0.1, 0.15) is 17.0 Å². The molecule has 0 aliphatic heterocycles. The Kier molecular flexibility index (Phi) is 5.58. The second-order valence-electron chi connectivity index (χ2n) is 7.72. The molecule has 5 aromatic rings. The highest BCUT2D eigenvalue weighted by Crippen LogP contribution is 2.33. The fourth-order valence-electron chi connectivity index (χ4n) is 3.91. The molecule has 1 amide bonds. The van der Waals surface area contributed by atoms with Gasteiger partial charge in [-0.3, -0.25) is 14.9 Å². The van der Waals surface area contributed by atoms with E-state index >= 15 is 0 Å². The van der Waals surface area contributed by atoms with Gasteiger partial charge in [-0.25, -0.2) is 4.98 Å². The topological polar surface area (TPSA) is 98.3 Å². The van der Waals surface area contributed by atoms with Crippen molar-refractivity contribution in [2.24, 2.45) is 0 Å². The molecule has 0 unspecified atom stereocenters. The van der Waals surface area contributed by atoms with Crippen LogP contribution in [0.15, 0.2) is 108 Å². The highest BCUT2D eigenvalue weighted by Gasteiger charge is 2.24. The van der Waals surface area contributed by atoms with Gasteiger partial charge in [0.1, 0.15) is 5.52 Å². The molecule has 0 fully saturated rings. The summed E-state index contributed by atoms with van der Waals surface area (Å²) in [6, 6.07) is 30.6. The number of oxazole rings is 1. The molecule has 1 heterocycles. The zero-order chi connectivity index (χ0) is 23.5. The Morgan fingerprint density at radius 1 is 0.853 bits per heavy atom. The summed E-state index contributed by atoms with van der Waals surface area (Å²) in [6.45, 7) is 0. The van der Waals surface area contributed by atoms with Crippen LogP contribution in [0, 0.1) is 10.1 Å². The Bertz CT molecular complexity index is 1440. The Hall–Kier alpha value is -4.78. The maximum atomic E-state index is 13.6. The lowest BCUT2D eigenvalue weighted by molar-refractivity contribution is -0.384. The van der Waals surface area contributed by atoms with Gasteiger partial charge in [0.15, 0.2) is 5.58 Å². The van der Waals surface area contributed by atoms with Gasteiger partial charge < -0.3 is 9.73 Å². The van der Waals surface area contributed by atoms with E-state index in [0.717, 1.165) is 11.1 Å². The largest absolute Gasteiger partial charge is 0.436 e. The molecule has 166 valence electrons. The van der Waals surface area contributed by atoms with Crippen molar-refractivity contribution < 1.29 is 14.1 Å². The quantitative estimate of drug-likeness (QED) is 0.247. The monoisotopic (exact) mass is 449 g/mol. The number of benzene rings is 4. The molecule has 34 heavy (non-hydrogen) atoms. The number of amides is 1. The van der Waals surface area contributed by atoms with Crippen LogP contribution in [0.25, 0.3) is 22.6 Å². The van der Waals surface area contributed by atoms with E-state index in [1.54, 1.807) is 12.1 Å². The third-order valence-electron chi connectivity index (χ3n) is 5.53. The summed E-state index contributed by atoms with van der Waals surface area (Å²) in [5.74, 6) is -0.444. The lowest BCUT2D eigenvalue weighted by Gasteiger charge is -2.19. The van der Waals surface area contributed by atoms with Gasteiger partial charge in [0.25, 0.3) is 5.69 Å². The normalized spacial score (nSPS) is 11.0. The number of hydrogen-bond donors (Lipinski definition) is 1. The minimum absolute atomic E-state index is 0.0671. The van der Waals surface area contributed by atoms with Crippen LogP contribution >= 0.6 is 0 Å². The molecule has 7 nitrogen and oxygen atoms in total. The van der Waals surface area contributed by atoms with Crippen LogP contribution in [-0.4, -0.2) is 15.8 Å². The van der Waals surface area contributed by atoms with E-state index in [1.807, 2.05) is 72.8 Å². The van der Waals surface area contributed by atoms with Gasteiger partial charge in [-0.2, -0.15) is 0 Å². The number of fused-ring (bicyclic) bond motifs is 1. The van der Waals surface area contributed by atoms with Crippen LogP contribution < -0.4 is 5.32 Å². The number of non-ortho nitro benzene ring substituents is 1. The number of nitrogens with zero attached hydrogens (tertiary/aromatic N) is 2. The summed E-state index contributed by atoms with van der Waals surface area (Å²) in [7, 11) is 0. The van der Waals surface area contributed by atoms with Crippen molar-refractivity contribution in [1.82, 2.24) is 4.98 Å². The summed E-state index contributed by atoms with van der Waals surface area (Å²) in [4.78, 5) is 28.6. The van der Waals surface area contributed by atoms with Crippen molar-refractivity contribution in [3.8, 4) is 11.5 Å². The van der Waals surface area contributed by atoms with Crippen LogP contribution in [0.2, 0.25) is 0 Å². The fraction of sp³-hybridized carbons (Fsp3) is 0.0370. The number of aromatic nitrogens is 1. The second kappa shape index (κ2) is 8.99. The van der Waals surface area contributed by atoms with Crippen LogP contribution in [0.4, 0.5) is 11.4 Å². The van der Waals surface area contributed by atoms with Crippen LogP contribution in [-0.2, 0) is 4.79 Å². The van der Waals surface area contributed by atoms with Gasteiger partial charge in [0.05, 0.1) is 22.1 Å². The zero-order valence-electron chi connectivity index (χ0n) is 17.9. The highest BCUT2D eigenvalue weighted by atomic mass is 16.6. The number of hydrogen-bond acceptors (Lipinski definition) is 5. The van der Waals surface area contributed by atoms with E-state index in [9.17, 15) is 14.9 Å². The highest BCUT2D eigenvalue weighted by molar-refractivity contribution is 6.00. The molecule has 0 spiro atoms. The van der Waals surface area contributed by atoms with E-state index in [2.05, 4.69) is 10.3 Å². The lowest BCUT2D eigenvalue weighted by atomic mass is 9.90. The molecule has 0 atom stereocenters. The number of carbonyl (C=O) groups excluding carboxylic acids is 1. The summed E-state index contributed by atoms with van der Waals surface area (Å²) in [6.07, 6.45) is 0. The maximum absolute atomic E-state index is 13.6. The van der Waals surface area contributed by atoms with Gasteiger partial charge in [-0.1, -0.05) is 72.8 Å². The van der Waals surface area contributed by atoms with E-state index in [4.69, 9.17) is 4.42 Å². The molecule has 4 aromatic carbocycles. The Balaban J connectivity index is 1.51. The summed E-state index contributed by atoms with van der Waals surface area (Å²) in [5, 5.41) is 14.1. The van der Waals surface area contributed by atoms with Crippen molar-refractivity contribution >= 4 is 28.4 Å². The summed E-state index contributed by atoms with van der Waals surface area (Å²) in [5.41, 5.74) is 3.59. The average molecular weight is 449 g/mol. The predicted octanol–water partition coefficient (Wildman–Crippen LogP) is 6.17. The van der Waals surface area contributed by atoms with Gasteiger partial charge in [-0.05, 0) is 29.3 Å². The maximum Gasteiger partial charge on any atom is 0.271 e. The van der Waals surface area contributed by atoms with Gasteiger partial charge >= 0.3 is 0 Å². The first-order chi connectivity index (χ1) is 16.6. The number of anilines is 1. The molecular weight excluding hydrogens is 430 g/mol. The zero-order valence-corrected chi connectivity index (χ0v) is 17.9. The summed E-state index contributed by atoms with van der Waals surface area (Å²) >= 11 is 0. The van der Waals surface area contributed by atoms with E-state index < -0.39 is 10.8 Å². The molecule has 0 aliphatic carbocycles. The van der Waals surface area contributed by atoms with E-state index in [-0.39, 0.29) is 17.5 Å². The molecule has 0 radical (unpaired) electrons. The minimum atomic E-state index is -0.512. The predicted molar refractivity (Wildman–Crippen MR) is 129 cm³/mol. The first-order valence-electron chi connectivity index (χ1n) is 10.7. The van der Waals surface area contributed by atoms with Crippen molar-refractivity contribution in [2.45, 2.75) is 5.92 Å². The molecule has 1 N–H and O–H groups in total. The smallest absolute Gasteiger partial charge is 0.271 e. The number of para-hydroxylation sites is 1. The van der Waals surface area contributed by atoms with Crippen molar-refractivity contribution in [1.29, 1.82) is 0 Å². The Morgan fingerprint density at radius 2 is 1.47 bits per heavy atom. The summed E-state index contributed by atoms with van der Waals surface area (Å²) < 4.78 is 5.86. The first-order valence-corrected chi connectivity index (χ1v) is 10.7. The average Bonchev–Trinajstić information content (AvgIpc) is 3.29. The molecule has 0 bridgehead atoms. The van der Waals surface area contributed by atoms with Gasteiger partial charge in [0.2, 0.25) is 11.8 Å². The molecule has 1 aromatic heterocycles. The first kappa shape index (κ1) is 21.1. The molecule has 0 saturated heterocycles.